The molecule has 0 amide bonds. The van der Waals surface area contributed by atoms with E-state index in [1.165, 1.54) is 44.9 Å². The maximum absolute atomic E-state index is 9.31. The van der Waals surface area contributed by atoms with Gasteiger partial charge in [-0.1, -0.05) is 64.0 Å². The van der Waals surface area contributed by atoms with Crippen LogP contribution < -0.4 is 10.1 Å². The Morgan fingerprint density at radius 3 is 1.85 bits per heavy atom. The van der Waals surface area contributed by atoms with Crippen molar-refractivity contribution >= 4 is 12.4 Å². The van der Waals surface area contributed by atoms with Gasteiger partial charge in [-0.3, -0.25) is 0 Å². The van der Waals surface area contributed by atoms with Crippen LogP contribution in [0.3, 0.4) is 0 Å². The average molecular weight is 404 g/mol. The third-order valence-corrected chi connectivity index (χ3v) is 4.77. The predicted molar refractivity (Wildman–Crippen MR) is 113 cm³/mol. The zero-order valence-corrected chi connectivity index (χ0v) is 17.5. The van der Waals surface area contributed by atoms with Crippen molar-refractivity contribution in [2.24, 2.45) is 0 Å². The lowest BCUT2D eigenvalue weighted by Gasteiger charge is -2.28. The first-order valence-electron chi connectivity index (χ1n) is 9.99. The summed E-state index contributed by atoms with van der Waals surface area (Å²) in [5, 5.41) is 30.9. The van der Waals surface area contributed by atoms with E-state index in [1.807, 2.05) is 24.3 Å². The lowest BCUT2D eigenvalue weighted by atomic mass is 10.0. The van der Waals surface area contributed by atoms with E-state index in [2.05, 4.69) is 12.2 Å². The quantitative estimate of drug-likeness (QED) is 0.318. The molecular formula is C21H38ClNO4. The van der Waals surface area contributed by atoms with Crippen molar-refractivity contribution < 1.29 is 20.1 Å². The fourth-order valence-electron chi connectivity index (χ4n) is 2.74. The molecule has 0 unspecified atom stereocenters. The summed E-state index contributed by atoms with van der Waals surface area (Å²) < 4.78 is 5.77. The number of hydrogen-bond donors (Lipinski definition) is 4. The second-order valence-corrected chi connectivity index (χ2v) is 7.08. The highest BCUT2D eigenvalue weighted by atomic mass is 35.5. The van der Waals surface area contributed by atoms with Gasteiger partial charge in [0.05, 0.1) is 32.0 Å². The highest BCUT2D eigenvalue weighted by Crippen LogP contribution is 2.14. The van der Waals surface area contributed by atoms with Gasteiger partial charge in [0.25, 0.3) is 0 Å². The molecule has 0 saturated carbocycles. The van der Waals surface area contributed by atoms with Crippen molar-refractivity contribution in [2.75, 3.05) is 26.4 Å². The van der Waals surface area contributed by atoms with Crippen LogP contribution >= 0.6 is 12.4 Å². The van der Waals surface area contributed by atoms with Crippen LogP contribution in [0.2, 0.25) is 0 Å². The van der Waals surface area contributed by atoms with Crippen LogP contribution in [0.25, 0.3) is 0 Å². The Hall–Kier alpha value is -0.850. The van der Waals surface area contributed by atoms with Gasteiger partial charge in [0.1, 0.15) is 5.75 Å². The molecule has 5 nitrogen and oxygen atoms in total. The van der Waals surface area contributed by atoms with Gasteiger partial charge >= 0.3 is 0 Å². The van der Waals surface area contributed by atoms with Crippen LogP contribution in [-0.2, 0) is 6.54 Å². The lowest BCUT2D eigenvalue weighted by Crippen LogP contribution is -2.54. The van der Waals surface area contributed by atoms with Gasteiger partial charge in [0.2, 0.25) is 0 Å². The number of rotatable bonds is 16. The second kappa shape index (κ2) is 16.1. The molecule has 1 aromatic rings. The molecule has 0 aliphatic rings. The molecule has 0 fully saturated rings. The molecule has 1 aromatic carbocycles. The number of nitrogens with one attached hydrogen (secondary N) is 1. The van der Waals surface area contributed by atoms with Gasteiger partial charge in [-0.15, -0.1) is 12.4 Å². The van der Waals surface area contributed by atoms with Crippen LogP contribution in [0.4, 0.5) is 0 Å². The van der Waals surface area contributed by atoms with Gasteiger partial charge in [-0.2, -0.15) is 0 Å². The Bertz CT molecular complexity index is 444. The molecule has 0 atom stereocenters. The minimum Gasteiger partial charge on any atom is -0.494 e. The van der Waals surface area contributed by atoms with Crippen molar-refractivity contribution in [1.29, 1.82) is 0 Å². The van der Waals surface area contributed by atoms with E-state index in [-0.39, 0.29) is 32.2 Å². The molecule has 0 aliphatic carbocycles. The monoisotopic (exact) mass is 403 g/mol. The lowest BCUT2D eigenvalue weighted by molar-refractivity contribution is 0.0414. The molecule has 6 heteroatoms. The summed E-state index contributed by atoms with van der Waals surface area (Å²) in [5.74, 6) is 0.856. The summed E-state index contributed by atoms with van der Waals surface area (Å²) in [6.45, 7) is 2.49. The Kier molecular flexibility index (Phi) is 15.6. The summed E-state index contributed by atoms with van der Waals surface area (Å²) in [6.07, 6.45) is 10.3. The van der Waals surface area contributed by atoms with E-state index in [9.17, 15) is 15.3 Å². The molecule has 0 aliphatic heterocycles. The van der Waals surface area contributed by atoms with Crippen molar-refractivity contribution in [3.05, 3.63) is 29.8 Å². The van der Waals surface area contributed by atoms with Gasteiger partial charge in [-0.05, 0) is 24.1 Å². The third-order valence-electron chi connectivity index (χ3n) is 4.77. The predicted octanol–water partition coefficient (Wildman–Crippen LogP) is 3.43. The van der Waals surface area contributed by atoms with Crippen molar-refractivity contribution in [3.63, 3.8) is 0 Å². The SMILES string of the molecule is CCCCCCCCCCOc1ccc(CNC(CO)(CO)CO)cc1.Cl. The largest absolute Gasteiger partial charge is 0.494 e. The minimum absolute atomic E-state index is 0. The molecule has 0 heterocycles. The highest BCUT2D eigenvalue weighted by Gasteiger charge is 2.26. The van der Waals surface area contributed by atoms with E-state index in [0.29, 0.717) is 6.54 Å². The summed E-state index contributed by atoms with van der Waals surface area (Å²) in [4.78, 5) is 0. The number of ether oxygens (including phenoxy) is 1. The fraction of sp³-hybridized carbons (Fsp3) is 0.714. The van der Waals surface area contributed by atoms with E-state index < -0.39 is 5.54 Å². The zero-order chi connectivity index (χ0) is 19.1. The Morgan fingerprint density at radius 2 is 1.33 bits per heavy atom. The number of hydrogen-bond acceptors (Lipinski definition) is 5. The maximum Gasteiger partial charge on any atom is 0.119 e. The molecule has 4 N–H and O–H groups in total. The molecular weight excluding hydrogens is 366 g/mol. The van der Waals surface area contributed by atoms with Crippen LogP contribution in [0.15, 0.2) is 24.3 Å². The van der Waals surface area contributed by atoms with Gasteiger partial charge in [0, 0.05) is 6.54 Å². The van der Waals surface area contributed by atoms with Crippen LogP contribution in [-0.4, -0.2) is 47.3 Å². The summed E-state index contributed by atoms with van der Waals surface area (Å²) >= 11 is 0. The summed E-state index contributed by atoms with van der Waals surface area (Å²) in [7, 11) is 0. The molecule has 0 saturated heterocycles. The van der Waals surface area contributed by atoms with Crippen molar-refractivity contribution in [2.45, 2.75) is 70.4 Å². The smallest absolute Gasteiger partial charge is 0.119 e. The van der Waals surface area contributed by atoms with Crippen molar-refractivity contribution in [3.8, 4) is 5.75 Å². The maximum atomic E-state index is 9.31. The number of aliphatic hydroxyl groups is 3. The van der Waals surface area contributed by atoms with E-state index in [4.69, 9.17) is 4.74 Å². The van der Waals surface area contributed by atoms with Crippen LogP contribution in [0, 0.1) is 0 Å². The Labute approximate surface area is 170 Å². The van der Waals surface area contributed by atoms with E-state index >= 15 is 0 Å². The van der Waals surface area contributed by atoms with Gasteiger partial charge in [0.15, 0.2) is 0 Å². The standard InChI is InChI=1S/C21H37NO4.ClH/c1-2-3-4-5-6-7-8-9-14-26-20-12-10-19(11-13-20)15-22-21(16-23,17-24)18-25;/h10-13,22-25H,2-9,14-18H2,1H3;1H. The fourth-order valence-corrected chi connectivity index (χ4v) is 2.74. The second-order valence-electron chi connectivity index (χ2n) is 7.08. The molecule has 0 bridgehead atoms. The van der Waals surface area contributed by atoms with Gasteiger partial charge < -0.3 is 25.4 Å². The average Bonchev–Trinajstić information content (AvgIpc) is 2.69. The van der Waals surface area contributed by atoms with E-state index in [1.54, 1.807) is 0 Å². The van der Waals surface area contributed by atoms with Gasteiger partial charge in [-0.25, -0.2) is 0 Å². The van der Waals surface area contributed by atoms with Crippen LogP contribution in [0.1, 0.15) is 63.9 Å². The Balaban J connectivity index is 0.00000676. The first kappa shape index (κ1) is 26.1. The number of benzene rings is 1. The van der Waals surface area contributed by atoms with E-state index in [0.717, 1.165) is 24.3 Å². The molecule has 158 valence electrons. The molecule has 0 aromatic heterocycles. The highest BCUT2D eigenvalue weighted by molar-refractivity contribution is 5.85. The number of unbranched alkanes of at least 4 members (excludes halogenated alkanes) is 7. The number of halogens is 1. The third kappa shape index (κ3) is 10.9. The first-order valence-corrected chi connectivity index (χ1v) is 9.99. The summed E-state index contributed by atoms with van der Waals surface area (Å²) in [6, 6.07) is 7.76. The Morgan fingerprint density at radius 1 is 0.815 bits per heavy atom. The van der Waals surface area contributed by atoms with Crippen LogP contribution in [0.5, 0.6) is 5.75 Å². The molecule has 0 spiro atoms. The normalized spacial score (nSPS) is 11.3. The summed E-state index contributed by atoms with van der Waals surface area (Å²) in [5.41, 5.74) is -0.0460. The molecule has 27 heavy (non-hydrogen) atoms. The zero-order valence-electron chi connectivity index (χ0n) is 16.7. The minimum atomic E-state index is -1.05. The topological polar surface area (TPSA) is 82.0 Å². The number of aliphatic hydroxyl groups excluding tert-OH is 3. The van der Waals surface area contributed by atoms with Crippen molar-refractivity contribution in [1.82, 2.24) is 5.32 Å². The first-order chi connectivity index (χ1) is 12.7. The molecule has 0 radical (unpaired) electrons. The molecule has 1 rings (SSSR count).